The van der Waals surface area contributed by atoms with Gasteiger partial charge in [-0.05, 0) is 72.5 Å². The van der Waals surface area contributed by atoms with E-state index in [9.17, 15) is 9.18 Å². The predicted octanol–water partition coefficient (Wildman–Crippen LogP) is 5.89. The highest BCUT2D eigenvalue weighted by Crippen LogP contribution is 2.46. The second-order valence-corrected chi connectivity index (χ2v) is 8.42. The van der Waals surface area contributed by atoms with Gasteiger partial charge in [-0.1, -0.05) is 17.7 Å². The molecule has 8 heteroatoms. The molecule has 1 aromatic carbocycles. The Bertz CT molecular complexity index is 1130. The fraction of sp³-hybridized carbons (Fsp3) is 0.286. The van der Waals surface area contributed by atoms with E-state index in [0.29, 0.717) is 34.5 Å². The molecule has 0 fully saturated rings. The summed E-state index contributed by atoms with van der Waals surface area (Å²) in [5.41, 5.74) is 3.36. The van der Waals surface area contributed by atoms with Gasteiger partial charge < -0.3 is 4.57 Å². The Morgan fingerprint density at radius 3 is 2.69 bits per heavy atom. The van der Waals surface area contributed by atoms with Gasteiger partial charge in [0.1, 0.15) is 11.9 Å². The number of rotatable bonds is 3. The van der Waals surface area contributed by atoms with E-state index in [1.165, 1.54) is 12.1 Å². The SMILES string of the molecule is CC(C)n1c(Br)nc2c1C(C1=CC=C(C#N)CC1)N(c1ccc(F)c(Cl)c1)C2=O. The highest BCUT2D eigenvalue weighted by atomic mass is 79.9. The van der Waals surface area contributed by atoms with Crippen LogP contribution < -0.4 is 4.90 Å². The average molecular weight is 476 g/mol. The van der Waals surface area contributed by atoms with Crippen LogP contribution in [0.15, 0.2) is 46.2 Å². The molecule has 2 aliphatic rings. The lowest BCUT2D eigenvalue weighted by Crippen LogP contribution is -2.31. The van der Waals surface area contributed by atoms with Gasteiger partial charge in [0.25, 0.3) is 5.91 Å². The third-order valence-electron chi connectivity index (χ3n) is 5.22. The molecule has 1 amide bonds. The van der Waals surface area contributed by atoms with Gasteiger partial charge in [0.05, 0.1) is 16.8 Å². The van der Waals surface area contributed by atoms with Crippen LogP contribution in [0.25, 0.3) is 0 Å². The van der Waals surface area contributed by atoms with Crippen molar-refractivity contribution in [3.63, 3.8) is 0 Å². The third kappa shape index (κ3) is 3.21. The van der Waals surface area contributed by atoms with Crippen LogP contribution in [-0.4, -0.2) is 15.5 Å². The van der Waals surface area contributed by atoms with E-state index in [0.717, 1.165) is 11.3 Å². The first-order valence-electron chi connectivity index (χ1n) is 9.19. The molecule has 2 heterocycles. The molecule has 1 aliphatic carbocycles. The van der Waals surface area contributed by atoms with Crippen LogP contribution >= 0.6 is 27.5 Å². The minimum Gasteiger partial charge on any atom is -0.317 e. The zero-order valence-electron chi connectivity index (χ0n) is 15.8. The number of benzene rings is 1. The number of allylic oxidation sites excluding steroid dienone is 3. The zero-order valence-corrected chi connectivity index (χ0v) is 18.1. The van der Waals surface area contributed by atoms with Gasteiger partial charge in [0, 0.05) is 17.3 Å². The van der Waals surface area contributed by atoms with Crippen molar-refractivity contribution >= 4 is 39.1 Å². The summed E-state index contributed by atoms with van der Waals surface area (Å²) in [4.78, 5) is 19.4. The number of halogens is 3. The second kappa shape index (κ2) is 7.43. The molecular weight excluding hydrogens is 459 g/mol. The van der Waals surface area contributed by atoms with Gasteiger partial charge in [-0.25, -0.2) is 9.37 Å². The van der Waals surface area contributed by atoms with Crippen LogP contribution in [0, 0.1) is 17.1 Å². The van der Waals surface area contributed by atoms with Crippen molar-refractivity contribution in [1.29, 1.82) is 5.26 Å². The number of amides is 1. The van der Waals surface area contributed by atoms with Crippen molar-refractivity contribution in [2.24, 2.45) is 0 Å². The minimum absolute atomic E-state index is 0.0456. The Labute approximate surface area is 181 Å². The van der Waals surface area contributed by atoms with Gasteiger partial charge in [0.2, 0.25) is 0 Å². The minimum atomic E-state index is -0.540. The summed E-state index contributed by atoms with van der Waals surface area (Å²) < 4.78 is 16.3. The molecule has 148 valence electrons. The van der Waals surface area contributed by atoms with E-state index < -0.39 is 11.9 Å². The van der Waals surface area contributed by atoms with Crippen molar-refractivity contribution < 1.29 is 9.18 Å². The molecule has 0 saturated carbocycles. The summed E-state index contributed by atoms with van der Waals surface area (Å²) in [5.74, 6) is -0.800. The summed E-state index contributed by atoms with van der Waals surface area (Å²) in [5, 5.41) is 9.12. The number of carbonyl (C=O) groups is 1. The fourth-order valence-electron chi connectivity index (χ4n) is 3.90. The Morgan fingerprint density at radius 2 is 2.10 bits per heavy atom. The Hall–Kier alpha value is -2.43. The van der Waals surface area contributed by atoms with Crippen LogP contribution in [0.2, 0.25) is 5.02 Å². The number of nitriles is 1. The maximum absolute atomic E-state index is 13.7. The van der Waals surface area contributed by atoms with Crippen LogP contribution in [0.4, 0.5) is 10.1 Å². The highest BCUT2D eigenvalue weighted by Gasteiger charge is 2.45. The number of hydrogen-bond donors (Lipinski definition) is 0. The first-order valence-corrected chi connectivity index (χ1v) is 10.4. The van der Waals surface area contributed by atoms with E-state index in [1.54, 1.807) is 17.0 Å². The van der Waals surface area contributed by atoms with E-state index in [2.05, 4.69) is 27.0 Å². The monoisotopic (exact) mass is 474 g/mol. The summed E-state index contributed by atoms with van der Waals surface area (Å²) in [6, 6.07) is 6.12. The van der Waals surface area contributed by atoms with Crippen molar-refractivity contribution in [1.82, 2.24) is 9.55 Å². The molecule has 0 N–H and O–H groups in total. The summed E-state index contributed by atoms with van der Waals surface area (Å²) in [6.45, 7) is 4.04. The quantitative estimate of drug-likeness (QED) is 0.556. The molecule has 2 aromatic rings. The molecule has 4 rings (SSSR count). The number of hydrogen-bond acceptors (Lipinski definition) is 3. The summed E-state index contributed by atoms with van der Waals surface area (Å²) >= 11 is 9.48. The molecule has 1 unspecified atom stereocenters. The van der Waals surface area contributed by atoms with Crippen molar-refractivity contribution in [2.45, 2.75) is 38.8 Å². The second-order valence-electron chi connectivity index (χ2n) is 7.30. The summed E-state index contributed by atoms with van der Waals surface area (Å²) in [7, 11) is 0. The zero-order chi connectivity index (χ0) is 20.9. The molecule has 1 aliphatic heterocycles. The number of carbonyl (C=O) groups excluding carboxylic acids is 1. The maximum Gasteiger partial charge on any atom is 0.279 e. The predicted molar refractivity (Wildman–Crippen MR) is 112 cm³/mol. The third-order valence-corrected chi connectivity index (χ3v) is 6.07. The van der Waals surface area contributed by atoms with Crippen LogP contribution in [0.3, 0.4) is 0 Å². The van der Waals surface area contributed by atoms with Crippen LogP contribution in [0.1, 0.15) is 55.0 Å². The first-order chi connectivity index (χ1) is 13.8. The Balaban J connectivity index is 1.92. The van der Waals surface area contributed by atoms with Crippen LogP contribution in [-0.2, 0) is 0 Å². The molecule has 0 spiro atoms. The average Bonchev–Trinajstić information content (AvgIpc) is 3.17. The number of aromatic nitrogens is 2. The molecule has 29 heavy (non-hydrogen) atoms. The molecule has 0 bridgehead atoms. The van der Waals surface area contributed by atoms with Gasteiger partial charge in [-0.2, -0.15) is 5.26 Å². The largest absolute Gasteiger partial charge is 0.317 e. The van der Waals surface area contributed by atoms with Crippen molar-refractivity contribution in [3.8, 4) is 6.07 Å². The van der Waals surface area contributed by atoms with Crippen molar-refractivity contribution in [2.75, 3.05) is 4.90 Å². The highest BCUT2D eigenvalue weighted by molar-refractivity contribution is 9.10. The fourth-order valence-corrected chi connectivity index (χ4v) is 4.85. The van der Waals surface area contributed by atoms with Gasteiger partial charge >= 0.3 is 0 Å². The molecule has 0 radical (unpaired) electrons. The lowest BCUT2D eigenvalue weighted by molar-refractivity contribution is 0.0988. The molecule has 1 atom stereocenters. The maximum atomic E-state index is 13.7. The number of fused-ring (bicyclic) bond motifs is 1. The molecular formula is C21H17BrClFN4O. The van der Waals surface area contributed by atoms with Gasteiger partial charge in [0.15, 0.2) is 10.4 Å². The van der Waals surface area contributed by atoms with Gasteiger partial charge in [-0.3, -0.25) is 9.69 Å². The van der Waals surface area contributed by atoms with E-state index in [-0.39, 0.29) is 17.0 Å². The topological polar surface area (TPSA) is 61.9 Å². The lowest BCUT2D eigenvalue weighted by atomic mass is 9.92. The Morgan fingerprint density at radius 1 is 1.34 bits per heavy atom. The number of nitrogens with zero attached hydrogens (tertiary/aromatic N) is 4. The number of anilines is 1. The van der Waals surface area contributed by atoms with Crippen molar-refractivity contribution in [3.05, 3.63) is 68.5 Å². The van der Waals surface area contributed by atoms with E-state index in [4.69, 9.17) is 16.9 Å². The normalized spacial score (nSPS) is 18.6. The van der Waals surface area contributed by atoms with E-state index in [1.807, 2.05) is 24.5 Å². The number of imidazole rings is 1. The first kappa shape index (κ1) is 19.9. The molecule has 0 saturated heterocycles. The summed E-state index contributed by atoms with van der Waals surface area (Å²) in [6.07, 6.45) is 4.95. The van der Waals surface area contributed by atoms with Gasteiger partial charge in [-0.15, -0.1) is 0 Å². The van der Waals surface area contributed by atoms with E-state index >= 15 is 0 Å². The molecule has 5 nitrogen and oxygen atoms in total. The lowest BCUT2D eigenvalue weighted by Gasteiger charge is -2.30. The molecule has 1 aromatic heterocycles. The standard InChI is InChI=1S/C21H17BrClFN4O/c1-11(2)27-19-17(26-21(27)22)20(29)28(14-7-8-16(24)15(23)9-14)18(19)13-5-3-12(10-25)4-6-13/h3,5,7-9,11,18H,4,6H2,1-2H3. The smallest absolute Gasteiger partial charge is 0.279 e. The van der Waals surface area contributed by atoms with Crippen LogP contribution in [0.5, 0.6) is 0 Å². The Kier molecular flexibility index (Phi) is 5.09.